The number of hydrogen-bond acceptors (Lipinski definition) is 7. The van der Waals surface area contributed by atoms with E-state index in [4.69, 9.17) is 19.6 Å². The van der Waals surface area contributed by atoms with Crippen molar-refractivity contribution >= 4 is 29.3 Å². The second-order valence-corrected chi connectivity index (χ2v) is 11.1. The van der Waals surface area contributed by atoms with Gasteiger partial charge in [-0.05, 0) is 62.1 Å². The second kappa shape index (κ2) is 12.5. The van der Waals surface area contributed by atoms with Crippen molar-refractivity contribution in [2.75, 3.05) is 23.5 Å². The number of thioether (sulfide) groups is 1. The first-order chi connectivity index (χ1) is 19.9. The van der Waals surface area contributed by atoms with Crippen molar-refractivity contribution in [1.82, 2.24) is 14.8 Å². The number of benzene rings is 3. The maximum Gasteiger partial charge on any atom is 0.255 e. The average Bonchev–Trinajstić information content (AvgIpc) is 3.38. The molecule has 8 nitrogen and oxygen atoms in total. The Morgan fingerprint density at radius 1 is 1.05 bits per heavy atom. The Hall–Kier alpha value is -4.24. The minimum absolute atomic E-state index is 0.211. The molecule has 2 heterocycles. The van der Waals surface area contributed by atoms with Gasteiger partial charge in [-0.15, -0.1) is 5.10 Å². The number of aromatic nitrogens is 3. The molecule has 0 bridgehead atoms. The SMILES string of the molecule is CCCSc1nc2n(n1)C(c1ccc(OCc3ccc(C)cc3)c(OC)c1)C(C(=O)Nc1ccccc1C)=C(C)N2. The van der Waals surface area contributed by atoms with E-state index in [0.717, 1.165) is 34.6 Å². The van der Waals surface area contributed by atoms with Crippen LogP contribution in [0, 0.1) is 13.8 Å². The summed E-state index contributed by atoms with van der Waals surface area (Å²) in [5, 5.41) is 11.9. The van der Waals surface area contributed by atoms with Crippen molar-refractivity contribution in [3.8, 4) is 11.5 Å². The number of methoxy groups -OCH3 is 1. The summed E-state index contributed by atoms with van der Waals surface area (Å²) in [7, 11) is 1.62. The highest BCUT2D eigenvalue weighted by atomic mass is 32.2. The number of nitrogens with one attached hydrogen (secondary N) is 2. The highest BCUT2D eigenvalue weighted by Gasteiger charge is 2.35. The lowest BCUT2D eigenvalue weighted by atomic mass is 9.94. The number of hydrogen-bond donors (Lipinski definition) is 2. The van der Waals surface area contributed by atoms with Crippen LogP contribution in [0.1, 0.15) is 48.6 Å². The van der Waals surface area contributed by atoms with Gasteiger partial charge in [0.1, 0.15) is 12.6 Å². The fourth-order valence-corrected chi connectivity index (χ4v) is 5.39. The van der Waals surface area contributed by atoms with Crippen molar-refractivity contribution < 1.29 is 14.3 Å². The third-order valence-electron chi connectivity index (χ3n) is 6.92. The van der Waals surface area contributed by atoms with Crippen molar-refractivity contribution in [2.24, 2.45) is 0 Å². The molecule has 2 N–H and O–H groups in total. The van der Waals surface area contributed by atoms with Gasteiger partial charge >= 0.3 is 0 Å². The van der Waals surface area contributed by atoms with Crippen LogP contribution in [0.3, 0.4) is 0 Å². The summed E-state index contributed by atoms with van der Waals surface area (Å²) in [6, 6.07) is 21.2. The van der Waals surface area contributed by atoms with E-state index < -0.39 is 6.04 Å². The van der Waals surface area contributed by atoms with E-state index >= 15 is 0 Å². The van der Waals surface area contributed by atoms with E-state index in [1.807, 2.05) is 56.3 Å². The molecule has 41 heavy (non-hydrogen) atoms. The molecule has 1 atom stereocenters. The lowest BCUT2D eigenvalue weighted by Gasteiger charge is -2.29. The lowest BCUT2D eigenvalue weighted by molar-refractivity contribution is -0.113. The first-order valence-electron chi connectivity index (χ1n) is 13.7. The van der Waals surface area contributed by atoms with Crippen LogP contribution in [0.5, 0.6) is 11.5 Å². The first-order valence-corrected chi connectivity index (χ1v) is 14.7. The van der Waals surface area contributed by atoms with Crippen LogP contribution in [0.15, 0.2) is 83.2 Å². The molecule has 5 rings (SSSR count). The molecule has 3 aromatic carbocycles. The van der Waals surface area contributed by atoms with Gasteiger partial charge in [0.05, 0.1) is 12.7 Å². The number of carbonyl (C=O) groups is 1. The fourth-order valence-electron chi connectivity index (χ4n) is 4.71. The maximum atomic E-state index is 13.9. The third-order valence-corrected chi connectivity index (χ3v) is 7.97. The second-order valence-electron chi connectivity index (χ2n) is 10.0. The maximum absolute atomic E-state index is 13.9. The number of nitrogens with zero attached hydrogens (tertiary/aromatic N) is 3. The highest BCUT2D eigenvalue weighted by molar-refractivity contribution is 7.99. The Balaban J connectivity index is 1.51. The molecule has 0 radical (unpaired) electrons. The van der Waals surface area contributed by atoms with Gasteiger partial charge in [0, 0.05) is 17.1 Å². The molecule has 0 aliphatic carbocycles. The van der Waals surface area contributed by atoms with Gasteiger partial charge < -0.3 is 20.1 Å². The normalized spacial score (nSPS) is 14.3. The number of ether oxygens (including phenoxy) is 2. The fraction of sp³-hybridized carbons (Fsp3) is 0.281. The topological polar surface area (TPSA) is 90.3 Å². The molecular formula is C32H35N5O3S. The van der Waals surface area contributed by atoms with Crippen LogP contribution in [0.4, 0.5) is 11.6 Å². The number of fused-ring (bicyclic) bond motifs is 1. The molecule has 1 aromatic heterocycles. The minimum Gasteiger partial charge on any atom is -0.493 e. The van der Waals surface area contributed by atoms with Gasteiger partial charge in [-0.3, -0.25) is 4.79 Å². The van der Waals surface area contributed by atoms with E-state index in [1.54, 1.807) is 23.6 Å². The predicted molar refractivity (Wildman–Crippen MR) is 164 cm³/mol. The van der Waals surface area contributed by atoms with Crippen LogP contribution in [0.25, 0.3) is 0 Å². The molecule has 0 fully saturated rings. The van der Waals surface area contributed by atoms with Crippen molar-refractivity contribution in [2.45, 2.75) is 51.9 Å². The predicted octanol–water partition coefficient (Wildman–Crippen LogP) is 6.91. The Bertz CT molecular complexity index is 1580. The van der Waals surface area contributed by atoms with Crippen molar-refractivity contribution in [3.05, 3.63) is 100 Å². The molecule has 4 aromatic rings. The summed E-state index contributed by atoms with van der Waals surface area (Å²) in [5.41, 5.74) is 6.11. The van der Waals surface area contributed by atoms with Gasteiger partial charge in [0.15, 0.2) is 11.5 Å². The van der Waals surface area contributed by atoms with Gasteiger partial charge in [0.2, 0.25) is 11.1 Å². The summed E-state index contributed by atoms with van der Waals surface area (Å²) >= 11 is 1.60. The van der Waals surface area contributed by atoms with E-state index in [1.165, 1.54) is 5.56 Å². The smallest absolute Gasteiger partial charge is 0.255 e. The molecular weight excluding hydrogens is 534 g/mol. The van der Waals surface area contributed by atoms with Gasteiger partial charge in [-0.2, -0.15) is 4.98 Å². The Morgan fingerprint density at radius 2 is 1.83 bits per heavy atom. The number of carbonyl (C=O) groups excluding carboxylic acids is 1. The molecule has 0 spiro atoms. The minimum atomic E-state index is -0.529. The van der Waals surface area contributed by atoms with Crippen LogP contribution in [0.2, 0.25) is 0 Å². The molecule has 1 unspecified atom stereocenters. The number of aryl methyl sites for hydroxylation is 2. The third kappa shape index (κ3) is 6.25. The summed E-state index contributed by atoms with van der Waals surface area (Å²) in [6.45, 7) is 8.47. The molecule has 212 valence electrons. The summed E-state index contributed by atoms with van der Waals surface area (Å²) in [6.07, 6.45) is 1.01. The molecule has 0 saturated carbocycles. The van der Waals surface area contributed by atoms with Crippen LogP contribution in [-0.4, -0.2) is 33.5 Å². The van der Waals surface area contributed by atoms with E-state index in [9.17, 15) is 4.79 Å². The molecule has 9 heteroatoms. The zero-order valence-electron chi connectivity index (χ0n) is 24.0. The quantitative estimate of drug-likeness (QED) is 0.201. The zero-order valence-corrected chi connectivity index (χ0v) is 24.8. The first kappa shape index (κ1) is 28.3. The number of amides is 1. The summed E-state index contributed by atoms with van der Waals surface area (Å²) in [4.78, 5) is 18.6. The van der Waals surface area contributed by atoms with Crippen LogP contribution >= 0.6 is 11.8 Å². The van der Waals surface area contributed by atoms with Crippen LogP contribution < -0.4 is 20.1 Å². The summed E-state index contributed by atoms with van der Waals surface area (Å²) < 4.78 is 13.7. The summed E-state index contributed by atoms with van der Waals surface area (Å²) in [5.74, 6) is 2.48. The molecule has 1 aliphatic rings. The lowest BCUT2D eigenvalue weighted by Crippen LogP contribution is -2.31. The number of para-hydroxylation sites is 1. The molecule has 1 amide bonds. The number of allylic oxidation sites excluding steroid dienone is 1. The van der Waals surface area contributed by atoms with Crippen molar-refractivity contribution in [3.63, 3.8) is 0 Å². The monoisotopic (exact) mass is 569 g/mol. The zero-order chi connectivity index (χ0) is 28.9. The highest BCUT2D eigenvalue weighted by Crippen LogP contribution is 2.40. The molecule has 1 aliphatic heterocycles. The van der Waals surface area contributed by atoms with Crippen molar-refractivity contribution in [1.29, 1.82) is 0 Å². The largest absolute Gasteiger partial charge is 0.493 e. The number of rotatable bonds is 10. The average molecular weight is 570 g/mol. The standard InChI is InChI=1S/C32H35N5O3S/c1-6-17-41-32-35-31-33-22(4)28(30(38)34-25-10-8-7-9-21(25)3)29(37(31)36-32)24-15-16-26(27(18-24)39-5)40-19-23-13-11-20(2)12-14-23/h7-16,18,29H,6,17,19H2,1-5H3,(H,34,38)(H,33,35,36). The Morgan fingerprint density at radius 3 is 2.56 bits per heavy atom. The van der Waals surface area contributed by atoms with E-state index in [-0.39, 0.29) is 5.91 Å². The molecule has 0 saturated heterocycles. The van der Waals surface area contributed by atoms with Gasteiger partial charge in [-0.25, -0.2) is 4.68 Å². The van der Waals surface area contributed by atoms with Gasteiger partial charge in [0.25, 0.3) is 5.91 Å². The van der Waals surface area contributed by atoms with E-state index in [2.05, 4.69) is 48.7 Å². The number of anilines is 2. The van der Waals surface area contributed by atoms with Gasteiger partial charge in [-0.1, -0.05) is 72.8 Å². The van der Waals surface area contributed by atoms with E-state index in [0.29, 0.717) is 40.5 Å². The Labute approximate surface area is 245 Å². The Kier molecular flexibility index (Phi) is 8.64. The van der Waals surface area contributed by atoms with Crippen LogP contribution in [-0.2, 0) is 11.4 Å².